The fraction of sp³-hybridized carbons (Fsp3) is 0. The average Bonchev–Trinajstić information content (AvgIpc) is 3.08. The Balaban J connectivity index is 0.000000111. The van der Waals surface area contributed by atoms with Crippen molar-refractivity contribution in [1.29, 1.82) is 0 Å². The van der Waals surface area contributed by atoms with Crippen molar-refractivity contribution in [3.8, 4) is 0 Å². The van der Waals surface area contributed by atoms with Gasteiger partial charge in [0.25, 0.3) is 0 Å². The molecule has 4 aromatic rings. The molecule has 0 saturated carbocycles. The molecular formula is C12H10N6. The van der Waals surface area contributed by atoms with Gasteiger partial charge in [0.05, 0.1) is 0 Å². The maximum atomic E-state index is 4.04. The van der Waals surface area contributed by atoms with Gasteiger partial charge in [-0.2, -0.15) is 0 Å². The molecule has 0 saturated heterocycles. The van der Waals surface area contributed by atoms with E-state index in [1.807, 2.05) is 33.3 Å². The molecule has 6 heteroatoms. The van der Waals surface area contributed by atoms with E-state index in [0.717, 1.165) is 11.3 Å². The van der Waals surface area contributed by atoms with Crippen LogP contribution in [0.15, 0.2) is 62.0 Å². The number of imidazole rings is 2. The molecule has 0 spiro atoms. The zero-order valence-corrected chi connectivity index (χ0v) is 9.46. The second-order valence-corrected chi connectivity index (χ2v) is 3.55. The van der Waals surface area contributed by atoms with Crippen LogP contribution in [0.1, 0.15) is 0 Å². The highest BCUT2D eigenvalue weighted by atomic mass is 15.0. The van der Waals surface area contributed by atoms with Crippen LogP contribution in [0.3, 0.4) is 0 Å². The normalized spacial score (nSPS) is 10.2. The minimum atomic E-state index is 0.935. The molecule has 0 N–H and O–H groups in total. The van der Waals surface area contributed by atoms with Crippen LogP contribution >= 0.6 is 0 Å². The highest BCUT2D eigenvalue weighted by Gasteiger charge is 1.87. The van der Waals surface area contributed by atoms with Crippen molar-refractivity contribution in [3.63, 3.8) is 0 Å². The van der Waals surface area contributed by atoms with Crippen molar-refractivity contribution in [2.45, 2.75) is 0 Å². The van der Waals surface area contributed by atoms with Gasteiger partial charge < -0.3 is 0 Å². The van der Waals surface area contributed by atoms with E-state index in [0.29, 0.717) is 0 Å². The summed E-state index contributed by atoms with van der Waals surface area (Å²) in [6.45, 7) is 0. The first-order chi connectivity index (χ1) is 8.93. The molecule has 0 unspecified atom stereocenters. The lowest BCUT2D eigenvalue weighted by Gasteiger charge is -1.85. The molecular weight excluding hydrogens is 228 g/mol. The van der Waals surface area contributed by atoms with E-state index < -0.39 is 0 Å². The summed E-state index contributed by atoms with van der Waals surface area (Å²) in [5.41, 5.74) is 1.87. The molecule has 0 aliphatic heterocycles. The molecule has 0 aromatic carbocycles. The third-order valence-corrected chi connectivity index (χ3v) is 2.40. The van der Waals surface area contributed by atoms with Crippen LogP contribution in [-0.2, 0) is 0 Å². The molecule has 0 aliphatic rings. The van der Waals surface area contributed by atoms with Crippen LogP contribution in [0.4, 0.5) is 0 Å². The molecule has 0 fully saturated rings. The number of hydrogen-bond donors (Lipinski definition) is 0. The van der Waals surface area contributed by atoms with E-state index in [-0.39, 0.29) is 0 Å². The summed E-state index contributed by atoms with van der Waals surface area (Å²) in [4.78, 5) is 15.9. The summed E-state index contributed by atoms with van der Waals surface area (Å²) < 4.78 is 3.72. The Morgan fingerprint density at radius 2 is 1.17 bits per heavy atom. The third kappa shape index (κ3) is 2.03. The molecule has 18 heavy (non-hydrogen) atoms. The lowest BCUT2D eigenvalue weighted by Crippen LogP contribution is -1.81. The average molecular weight is 238 g/mol. The highest BCUT2D eigenvalue weighted by Crippen LogP contribution is 1.94. The van der Waals surface area contributed by atoms with Gasteiger partial charge in [0, 0.05) is 37.2 Å². The zero-order chi connectivity index (χ0) is 12.2. The predicted molar refractivity (Wildman–Crippen MR) is 66.0 cm³/mol. The summed E-state index contributed by atoms with van der Waals surface area (Å²) in [6.07, 6.45) is 14.1. The molecule has 0 amide bonds. The van der Waals surface area contributed by atoms with E-state index in [4.69, 9.17) is 0 Å². The first-order valence-corrected chi connectivity index (χ1v) is 5.39. The zero-order valence-electron chi connectivity index (χ0n) is 9.46. The van der Waals surface area contributed by atoms with Gasteiger partial charge in [-0.05, 0) is 12.1 Å². The highest BCUT2D eigenvalue weighted by molar-refractivity contribution is 5.35. The third-order valence-electron chi connectivity index (χ3n) is 2.40. The van der Waals surface area contributed by atoms with E-state index in [2.05, 4.69) is 19.9 Å². The lowest BCUT2D eigenvalue weighted by atomic mass is 10.6. The van der Waals surface area contributed by atoms with Crippen molar-refractivity contribution >= 4 is 11.3 Å². The monoisotopic (exact) mass is 238 g/mol. The quantitative estimate of drug-likeness (QED) is 0.465. The Morgan fingerprint density at radius 1 is 0.667 bits per heavy atom. The summed E-state index contributed by atoms with van der Waals surface area (Å²) >= 11 is 0. The van der Waals surface area contributed by atoms with Gasteiger partial charge in [-0.3, -0.25) is 8.80 Å². The Hall–Kier alpha value is -2.76. The maximum Gasteiger partial charge on any atom is 0.139 e. The van der Waals surface area contributed by atoms with Crippen molar-refractivity contribution in [2.75, 3.05) is 0 Å². The summed E-state index contributed by atoms with van der Waals surface area (Å²) in [5.74, 6) is 0. The van der Waals surface area contributed by atoms with Crippen molar-refractivity contribution < 1.29 is 0 Å². The van der Waals surface area contributed by atoms with Gasteiger partial charge in [0.15, 0.2) is 0 Å². The SMILES string of the molecule is c1cc2nccn2cn1.c1cc2nccn2cn1. The molecule has 6 nitrogen and oxygen atoms in total. The van der Waals surface area contributed by atoms with Gasteiger partial charge >= 0.3 is 0 Å². The second kappa shape index (κ2) is 4.62. The fourth-order valence-corrected chi connectivity index (χ4v) is 1.54. The first kappa shape index (κ1) is 10.4. The Kier molecular flexibility index (Phi) is 2.67. The Labute approximate surface area is 103 Å². The standard InChI is InChI=1S/2C6H5N3/c2*1-2-7-5-9-4-3-8-6(1)9/h2*1-5H. The van der Waals surface area contributed by atoms with Crippen LogP contribution in [0.25, 0.3) is 11.3 Å². The Morgan fingerprint density at radius 3 is 1.61 bits per heavy atom. The largest absolute Gasteiger partial charge is 0.290 e. The van der Waals surface area contributed by atoms with E-state index in [1.165, 1.54) is 0 Å². The number of aromatic nitrogens is 6. The van der Waals surface area contributed by atoms with Gasteiger partial charge in [-0.1, -0.05) is 0 Å². The van der Waals surface area contributed by atoms with Crippen LogP contribution in [0.5, 0.6) is 0 Å². The molecule has 4 aromatic heterocycles. The van der Waals surface area contributed by atoms with Crippen molar-refractivity contribution in [2.24, 2.45) is 0 Å². The molecule has 4 heterocycles. The predicted octanol–water partition coefficient (Wildman–Crippen LogP) is 1.46. The minimum Gasteiger partial charge on any atom is -0.290 e. The number of rotatable bonds is 0. The molecule has 0 radical (unpaired) electrons. The van der Waals surface area contributed by atoms with E-state index >= 15 is 0 Å². The molecule has 0 aliphatic carbocycles. The topological polar surface area (TPSA) is 60.4 Å². The summed E-state index contributed by atoms with van der Waals surface area (Å²) in [5, 5.41) is 0. The van der Waals surface area contributed by atoms with Gasteiger partial charge in [0.2, 0.25) is 0 Å². The second-order valence-electron chi connectivity index (χ2n) is 3.55. The summed E-state index contributed by atoms with van der Waals surface area (Å²) in [6, 6.07) is 3.72. The first-order valence-electron chi connectivity index (χ1n) is 5.39. The van der Waals surface area contributed by atoms with Gasteiger partial charge in [0.1, 0.15) is 23.9 Å². The van der Waals surface area contributed by atoms with E-state index in [1.54, 1.807) is 37.4 Å². The smallest absolute Gasteiger partial charge is 0.139 e. The van der Waals surface area contributed by atoms with Gasteiger partial charge in [-0.25, -0.2) is 19.9 Å². The van der Waals surface area contributed by atoms with Gasteiger partial charge in [-0.15, -0.1) is 0 Å². The van der Waals surface area contributed by atoms with Crippen molar-refractivity contribution in [1.82, 2.24) is 28.7 Å². The van der Waals surface area contributed by atoms with E-state index in [9.17, 15) is 0 Å². The fourth-order valence-electron chi connectivity index (χ4n) is 1.54. The van der Waals surface area contributed by atoms with Crippen molar-refractivity contribution in [3.05, 3.63) is 62.0 Å². The van der Waals surface area contributed by atoms with Crippen LogP contribution < -0.4 is 0 Å². The van der Waals surface area contributed by atoms with Crippen LogP contribution in [-0.4, -0.2) is 28.7 Å². The molecule has 88 valence electrons. The minimum absolute atomic E-state index is 0.935. The lowest BCUT2D eigenvalue weighted by molar-refractivity contribution is 1.09. The van der Waals surface area contributed by atoms with Crippen LogP contribution in [0.2, 0.25) is 0 Å². The maximum absolute atomic E-state index is 4.04. The molecule has 0 bridgehead atoms. The summed E-state index contributed by atoms with van der Waals surface area (Å²) in [7, 11) is 0. The molecule has 4 rings (SSSR count). The van der Waals surface area contributed by atoms with Crippen LogP contribution in [0, 0.1) is 0 Å². The number of nitrogens with zero attached hydrogens (tertiary/aromatic N) is 6. The Bertz CT molecular complexity index is 631. The number of fused-ring (bicyclic) bond motifs is 2. The number of hydrogen-bond acceptors (Lipinski definition) is 4. The molecule has 0 atom stereocenters.